The lowest BCUT2D eigenvalue weighted by atomic mass is 10.1. The average molecular weight is 291 g/mol. The number of nitrogens with two attached hydrogens (primary N) is 1. The highest BCUT2D eigenvalue weighted by Gasteiger charge is 2.22. The maximum Gasteiger partial charge on any atom is 0.217 e. The molecule has 1 unspecified atom stereocenters. The molecule has 1 aromatic rings. The highest BCUT2D eigenvalue weighted by atomic mass is 16.5. The van der Waals surface area contributed by atoms with Gasteiger partial charge in [0.15, 0.2) is 0 Å². The molecule has 1 aliphatic rings. The molecule has 0 aliphatic carbocycles. The van der Waals surface area contributed by atoms with Crippen LogP contribution in [-0.2, 0) is 11.2 Å². The summed E-state index contributed by atoms with van der Waals surface area (Å²) < 4.78 is 5.76. The van der Waals surface area contributed by atoms with Crippen LogP contribution in [0, 0.1) is 0 Å². The van der Waals surface area contributed by atoms with Crippen molar-refractivity contribution in [2.24, 2.45) is 5.73 Å². The number of rotatable bonds is 7. The molecule has 0 radical (unpaired) electrons. The summed E-state index contributed by atoms with van der Waals surface area (Å²) in [6.45, 7) is 5.73. The Balaban J connectivity index is 1.66. The first-order valence-corrected chi connectivity index (χ1v) is 7.58. The van der Waals surface area contributed by atoms with Crippen molar-refractivity contribution in [3.8, 4) is 5.75 Å². The van der Waals surface area contributed by atoms with Crippen LogP contribution in [-0.4, -0.2) is 49.6 Å². The summed E-state index contributed by atoms with van der Waals surface area (Å²) in [4.78, 5) is 13.3. The van der Waals surface area contributed by atoms with Gasteiger partial charge in [-0.1, -0.05) is 12.1 Å². The van der Waals surface area contributed by atoms with E-state index < -0.39 is 0 Å². The fraction of sp³-hybridized carbons (Fsp3) is 0.562. The number of amides is 1. The van der Waals surface area contributed by atoms with Crippen LogP contribution >= 0.6 is 0 Å². The van der Waals surface area contributed by atoms with Crippen LogP contribution in [0.5, 0.6) is 5.75 Å². The Kier molecular flexibility index (Phi) is 6.02. The van der Waals surface area contributed by atoms with Gasteiger partial charge >= 0.3 is 0 Å². The highest BCUT2D eigenvalue weighted by molar-refractivity contribution is 5.73. The normalized spacial score (nSPS) is 18.7. The lowest BCUT2D eigenvalue weighted by molar-refractivity contribution is -0.119. The summed E-state index contributed by atoms with van der Waals surface area (Å²) in [6.07, 6.45) is 1.92. The van der Waals surface area contributed by atoms with Crippen molar-refractivity contribution in [2.75, 3.05) is 32.8 Å². The zero-order valence-electron chi connectivity index (χ0n) is 12.7. The highest BCUT2D eigenvalue weighted by Crippen LogP contribution is 2.13. The molecule has 3 N–H and O–H groups in total. The summed E-state index contributed by atoms with van der Waals surface area (Å²) in [6, 6.07) is 8.40. The lowest BCUT2D eigenvalue weighted by Crippen LogP contribution is -2.36. The Labute approximate surface area is 126 Å². The third kappa shape index (κ3) is 5.36. The molecule has 0 aromatic heterocycles. The van der Waals surface area contributed by atoms with Gasteiger partial charge in [-0.05, 0) is 37.1 Å². The van der Waals surface area contributed by atoms with Crippen LogP contribution in [0.4, 0.5) is 0 Å². The summed E-state index contributed by atoms with van der Waals surface area (Å²) >= 11 is 0. The number of ether oxygens (including phenoxy) is 1. The van der Waals surface area contributed by atoms with Gasteiger partial charge in [0.25, 0.3) is 0 Å². The van der Waals surface area contributed by atoms with E-state index >= 15 is 0 Å². The molecular weight excluding hydrogens is 266 g/mol. The number of carbonyl (C=O) groups is 1. The van der Waals surface area contributed by atoms with Crippen LogP contribution < -0.4 is 15.8 Å². The number of nitrogens with one attached hydrogen (secondary N) is 1. The lowest BCUT2D eigenvalue weighted by Gasteiger charge is -2.16. The topological polar surface area (TPSA) is 67.6 Å². The predicted molar refractivity (Wildman–Crippen MR) is 83.4 cm³/mol. The molecule has 1 atom stereocenters. The van der Waals surface area contributed by atoms with Gasteiger partial charge in [0.05, 0.1) is 0 Å². The molecule has 1 aromatic carbocycles. The van der Waals surface area contributed by atoms with Crippen molar-refractivity contribution in [1.29, 1.82) is 0 Å². The van der Waals surface area contributed by atoms with Crippen LogP contribution in [0.1, 0.15) is 18.9 Å². The third-order valence-corrected chi connectivity index (χ3v) is 3.71. The number of carbonyl (C=O) groups excluding carboxylic acids is 1. The van der Waals surface area contributed by atoms with E-state index in [4.69, 9.17) is 10.5 Å². The standard InChI is InChI=1S/C16H25N3O2/c1-13(20)18-15-7-9-19(12-15)10-11-21-16-4-2-14(3-5-16)6-8-17/h2-5,15H,6-12,17H2,1H3,(H,18,20). The molecule has 0 bridgehead atoms. The van der Waals surface area contributed by atoms with Gasteiger partial charge in [-0.2, -0.15) is 0 Å². The minimum absolute atomic E-state index is 0.0515. The molecule has 5 nitrogen and oxygen atoms in total. The monoisotopic (exact) mass is 291 g/mol. The van der Waals surface area contributed by atoms with Gasteiger partial charge in [0, 0.05) is 32.6 Å². The number of likely N-dealkylation sites (tertiary alicyclic amines) is 1. The largest absolute Gasteiger partial charge is 0.492 e. The SMILES string of the molecule is CC(=O)NC1CCN(CCOc2ccc(CCN)cc2)C1. The Morgan fingerprint density at radius 3 is 2.86 bits per heavy atom. The first-order valence-electron chi connectivity index (χ1n) is 7.58. The van der Waals surface area contributed by atoms with Crippen molar-refractivity contribution in [1.82, 2.24) is 10.2 Å². The Hall–Kier alpha value is -1.59. The smallest absolute Gasteiger partial charge is 0.217 e. The number of benzene rings is 1. The van der Waals surface area contributed by atoms with Crippen molar-refractivity contribution in [3.05, 3.63) is 29.8 Å². The molecule has 1 fully saturated rings. The molecule has 1 amide bonds. The first-order chi connectivity index (χ1) is 10.2. The van der Waals surface area contributed by atoms with E-state index in [1.54, 1.807) is 6.92 Å². The van der Waals surface area contributed by atoms with Gasteiger partial charge in [-0.3, -0.25) is 9.69 Å². The van der Waals surface area contributed by atoms with E-state index in [-0.39, 0.29) is 11.9 Å². The van der Waals surface area contributed by atoms with Crippen LogP contribution in [0.25, 0.3) is 0 Å². The van der Waals surface area contributed by atoms with Crippen LogP contribution in [0.3, 0.4) is 0 Å². The molecular formula is C16H25N3O2. The molecule has 0 spiro atoms. The van der Waals surface area contributed by atoms with E-state index in [2.05, 4.69) is 22.3 Å². The minimum atomic E-state index is 0.0515. The van der Waals surface area contributed by atoms with Crippen molar-refractivity contribution in [2.45, 2.75) is 25.8 Å². The third-order valence-electron chi connectivity index (χ3n) is 3.71. The predicted octanol–water partition coefficient (Wildman–Crippen LogP) is 0.777. The summed E-state index contributed by atoms with van der Waals surface area (Å²) in [5, 5.41) is 2.97. The summed E-state index contributed by atoms with van der Waals surface area (Å²) in [5.74, 6) is 0.948. The molecule has 0 saturated carbocycles. The first kappa shape index (κ1) is 15.8. The van der Waals surface area contributed by atoms with Gasteiger partial charge in [-0.15, -0.1) is 0 Å². The number of hydrogen-bond acceptors (Lipinski definition) is 4. The Morgan fingerprint density at radius 1 is 1.43 bits per heavy atom. The van der Waals surface area contributed by atoms with Crippen molar-refractivity contribution >= 4 is 5.91 Å². The van der Waals surface area contributed by atoms with Gasteiger partial charge < -0.3 is 15.8 Å². The Bertz CT molecular complexity index is 447. The van der Waals surface area contributed by atoms with Crippen LogP contribution in [0.2, 0.25) is 0 Å². The second-order valence-corrected chi connectivity index (χ2v) is 5.52. The second kappa shape index (κ2) is 8.00. The number of nitrogens with zero attached hydrogens (tertiary/aromatic N) is 1. The van der Waals surface area contributed by atoms with E-state index in [9.17, 15) is 4.79 Å². The molecule has 5 heteroatoms. The van der Waals surface area contributed by atoms with E-state index in [0.717, 1.165) is 38.2 Å². The maximum absolute atomic E-state index is 11.0. The summed E-state index contributed by atoms with van der Waals surface area (Å²) in [7, 11) is 0. The van der Waals surface area contributed by atoms with Gasteiger partial charge in [-0.25, -0.2) is 0 Å². The zero-order valence-corrected chi connectivity index (χ0v) is 12.7. The maximum atomic E-state index is 11.0. The van der Waals surface area contributed by atoms with E-state index in [0.29, 0.717) is 13.2 Å². The quantitative estimate of drug-likeness (QED) is 0.779. The fourth-order valence-electron chi connectivity index (χ4n) is 2.65. The van der Waals surface area contributed by atoms with E-state index in [1.807, 2.05) is 12.1 Å². The number of hydrogen-bond donors (Lipinski definition) is 2. The molecule has 21 heavy (non-hydrogen) atoms. The molecule has 1 heterocycles. The molecule has 1 saturated heterocycles. The second-order valence-electron chi connectivity index (χ2n) is 5.52. The van der Waals surface area contributed by atoms with Crippen molar-refractivity contribution in [3.63, 3.8) is 0 Å². The zero-order chi connectivity index (χ0) is 15.1. The minimum Gasteiger partial charge on any atom is -0.492 e. The van der Waals surface area contributed by atoms with E-state index in [1.165, 1.54) is 5.56 Å². The molecule has 2 rings (SSSR count). The fourth-order valence-corrected chi connectivity index (χ4v) is 2.65. The Morgan fingerprint density at radius 2 is 2.19 bits per heavy atom. The summed E-state index contributed by atoms with van der Waals surface area (Å²) in [5.41, 5.74) is 6.77. The van der Waals surface area contributed by atoms with Crippen molar-refractivity contribution < 1.29 is 9.53 Å². The molecule has 1 aliphatic heterocycles. The molecule has 116 valence electrons. The average Bonchev–Trinajstić information content (AvgIpc) is 2.88. The van der Waals surface area contributed by atoms with Crippen LogP contribution in [0.15, 0.2) is 24.3 Å². The van der Waals surface area contributed by atoms with Gasteiger partial charge in [0.2, 0.25) is 5.91 Å². The van der Waals surface area contributed by atoms with Gasteiger partial charge in [0.1, 0.15) is 12.4 Å².